The molecule has 29 heavy (non-hydrogen) atoms. The third-order valence-electron chi connectivity index (χ3n) is 5.59. The Morgan fingerprint density at radius 2 is 1.83 bits per heavy atom. The van der Waals surface area contributed by atoms with E-state index in [9.17, 15) is 9.59 Å². The van der Waals surface area contributed by atoms with Crippen molar-refractivity contribution in [2.75, 3.05) is 13.1 Å². The van der Waals surface area contributed by atoms with E-state index in [0.717, 1.165) is 5.56 Å². The van der Waals surface area contributed by atoms with Crippen LogP contribution >= 0.6 is 11.6 Å². The van der Waals surface area contributed by atoms with Crippen molar-refractivity contribution < 1.29 is 14.1 Å². The number of hydrogen-bond donors (Lipinski definition) is 0. The van der Waals surface area contributed by atoms with Crippen molar-refractivity contribution in [3.63, 3.8) is 0 Å². The molecule has 7 heteroatoms. The second-order valence-corrected chi connectivity index (χ2v) is 7.66. The molecule has 146 valence electrons. The molecule has 1 fully saturated rings. The predicted octanol–water partition coefficient (Wildman–Crippen LogP) is 4.30. The van der Waals surface area contributed by atoms with Gasteiger partial charge in [-0.15, -0.1) is 0 Å². The Hall–Kier alpha value is -3.12. The molecule has 2 amide bonds. The lowest BCUT2D eigenvalue weighted by Crippen LogP contribution is -2.48. The number of amides is 2. The zero-order valence-corrected chi connectivity index (χ0v) is 16.5. The molecule has 0 saturated carbocycles. The minimum atomic E-state index is -0.409. The normalized spacial score (nSPS) is 18.0. The number of hydrogen-bond acceptors (Lipinski definition) is 4. The maximum atomic E-state index is 13.7. The van der Waals surface area contributed by atoms with E-state index in [2.05, 4.69) is 5.16 Å². The van der Waals surface area contributed by atoms with Crippen LogP contribution < -0.4 is 0 Å². The van der Waals surface area contributed by atoms with Crippen LogP contribution in [0.3, 0.4) is 0 Å². The molecule has 0 bridgehead atoms. The van der Waals surface area contributed by atoms with Crippen LogP contribution in [-0.4, -0.2) is 39.9 Å². The summed E-state index contributed by atoms with van der Waals surface area (Å²) in [5, 5.41) is 4.62. The van der Waals surface area contributed by atoms with E-state index >= 15 is 0 Å². The van der Waals surface area contributed by atoms with Gasteiger partial charge in [0.1, 0.15) is 23.2 Å². The Labute approximate surface area is 172 Å². The first kappa shape index (κ1) is 17.9. The van der Waals surface area contributed by atoms with Gasteiger partial charge in [0, 0.05) is 29.8 Å². The average molecular weight is 408 g/mol. The van der Waals surface area contributed by atoms with E-state index in [-0.39, 0.29) is 11.8 Å². The summed E-state index contributed by atoms with van der Waals surface area (Å²) in [6, 6.07) is 14.7. The largest absolute Gasteiger partial charge is 0.360 e. The average Bonchev–Trinajstić information content (AvgIpc) is 3.26. The third-order valence-corrected chi connectivity index (χ3v) is 5.91. The highest BCUT2D eigenvalue weighted by atomic mass is 35.5. The minimum Gasteiger partial charge on any atom is -0.360 e. The Kier molecular flexibility index (Phi) is 4.17. The molecule has 2 aliphatic rings. The zero-order valence-electron chi connectivity index (χ0n) is 15.8. The predicted molar refractivity (Wildman–Crippen MR) is 108 cm³/mol. The lowest BCUT2D eigenvalue weighted by atomic mass is 10.0. The van der Waals surface area contributed by atoms with Gasteiger partial charge in [0.25, 0.3) is 11.8 Å². The molecule has 0 spiro atoms. The number of aromatic nitrogens is 1. The van der Waals surface area contributed by atoms with E-state index in [1.807, 2.05) is 42.5 Å². The molecule has 1 saturated heterocycles. The lowest BCUT2D eigenvalue weighted by molar-refractivity contribution is 0.0164. The fraction of sp³-hybridized carbons (Fsp3) is 0.227. The van der Waals surface area contributed by atoms with E-state index in [1.165, 1.54) is 0 Å². The highest BCUT2D eigenvalue weighted by Crippen LogP contribution is 2.40. The second-order valence-electron chi connectivity index (χ2n) is 7.25. The maximum Gasteiger partial charge on any atom is 0.261 e. The highest BCUT2D eigenvalue weighted by molar-refractivity contribution is 6.33. The van der Waals surface area contributed by atoms with Crippen molar-refractivity contribution in [2.45, 2.75) is 19.5 Å². The number of fused-ring (bicyclic) bond motifs is 3. The molecule has 0 aliphatic carbocycles. The summed E-state index contributed by atoms with van der Waals surface area (Å²) >= 11 is 6.35. The lowest BCUT2D eigenvalue weighted by Gasteiger charge is -2.40. The van der Waals surface area contributed by atoms with Crippen molar-refractivity contribution in [3.8, 4) is 11.3 Å². The Morgan fingerprint density at radius 1 is 1.10 bits per heavy atom. The Balaban J connectivity index is 1.60. The zero-order chi connectivity index (χ0) is 20.1. The minimum absolute atomic E-state index is 0.0310. The van der Waals surface area contributed by atoms with Gasteiger partial charge in [-0.1, -0.05) is 53.2 Å². The molecule has 2 aliphatic heterocycles. The van der Waals surface area contributed by atoms with Gasteiger partial charge in [-0.3, -0.25) is 9.59 Å². The number of carbonyl (C=O) groups is 2. The van der Waals surface area contributed by atoms with Crippen LogP contribution in [0.1, 0.15) is 44.6 Å². The number of carbonyl (C=O) groups excluding carboxylic acids is 2. The Bertz CT molecular complexity index is 1140. The number of aryl methyl sites for hydroxylation is 1. The van der Waals surface area contributed by atoms with E-state index in [0.29, 0.717) is 52.7 Å². The van der Waals surface area contributed by atoms with Gasteiger partial charge >= 0.3 is 0 Å². The topological polar surface area (TPSA) is 66.7 Å². The molecule has 1 atom stereocenters. The molecule has 1 aromatic heterocycles. The molecule has 1 unspecified atom stereocenters. The van der Waals surface area contributed by atoms with Gasteiger partial charge in [-0.2, -0.15) is 0 Å². The van der Waals surface area contributed by atoms with E-state index in [4.69, 9.17) is 16.1 Å². The van der Waals surface area contributed by atoms with Crippen LogP contribution in [0.5, 0.6) is 0 Å². The van der Waals surface area contributed by atoms with Crippen LogP contribution in [0, 0.1) is 6.92 Å². The first-order valence-electron chi connectivity index (χ1n) is 9.50. The van der Waals surface area contributed by atoms with Crippen molar-refractivity contribution >= 4 is 23.4 Å². The fourth-order valence-electron chi connectivity index (χ4n) is 4.26. The van der Waals surface area contributed by atoms with Crippen molar-refractivity contribution in [3.05, 3.63) is 76.0 Å². The summed E-state index contributed by atoms with van der Waals surface area (Å²) in [4.78, 5) is 30.0. The van der Waals surface area contributed by atoms with Gasteiger partial charge in [-0.05, 0) is 25.5 Å². The second kappa shape index (κ2) is 6.74. The van der Waals surface area contributed by atoms with E-state index < -0.39 is 6.17 Å². The Morgan fingerprint density at radius 3 is 2.62 bits per heavy atom. The third kappa shape index (κ3) is 2.67. The SMILES string of the molecule is Cc1onc(-c2ccccc2Cl)c1C(=O)N1CCCN2C(=O)c3ccccc3C21. The van der Waals surface area contributed by atoms with Gasteiger partial charge < -0.3 is 14.3 Å². The molecular formula is C22H18ClN3O3. The standard InChI is InChI=1S/C22H18ClN3O3/c1-13-18(19(24-29-13)16-9-4-5-10-17(16)23)22(28)26-12-6-11-25-20(26)14-7-2-3-8-15(14)21(25)27/h2-5,7-10,20H,6,11-12H2,1H3. The van der Waals surface area contributed by atoms with Crippen molar-refractivity contribution in [2.24, 2.45) is 0 Å². The molecule has 2 aromatic carbocycles. The first-order valence-corrected chi connectivity index (χ1v) is 9.87. The van der Waals surface area contributed by atoms with Crippen LogP contribution in [0.4, 0.5) is 0 Å². The highest BCUT2D eigenvalue weighted by Gasteiger charge is 2.45. The number of nitrogens with zero attached hydrogens (tertiary/aromatic N) is 3. The summed E-state index contributed by atoms with van der Waals surface area (Å²) in [6.07, 6.45) is 0.307. The van der Waals surface area contributed by atoms with Gasteiger partial charge in [0.05, 0.1) is 5.02 Å². The van der Waals surface area contributed by atoms with Crippen LogP contribution in [0.15, 0.2) is 53.1 Å². The van der Waals surface area contributed by atoms with Crippen LogP contribution in [0.2, 0.25) is 5.02 Å². The quantitative estimate of drug-likeness (QED) is 0.635. The smallest absolute Gasteiger partial charge is 0.261 e. The molecule has 0 radical (unpaired) electrons. The van der Waals surface area contributed by atoms with Crippen molar-refractivity contribution in [1.29, 1.82) is 0 Å². The van der Waals surface area contributed by atoms with Crippen molar-refractivity contribution in [1.82, 2.24) is 15.0 Å². The molecular weight excluding hydrogens is 390 g/mol. The summed E-state index contributed by atoms with van der Waals surface area (Å²) < 4.78 is 5.38. The van der Waals surface area contributed by atoms with Gasteiger partial charge in [0.2, 0.25) is 0 Å². The summed E-state index contributed by atoms with van der Waals surface area (Å²) in [5.74, 6) is 0.189. The number of rotatable bonds is 2. The molecule has 5 rings (SSSR count). The maximum absolute atomic E-state index is 13.7. The molecule has 3 heterocycles. The van der Waals surface area contributed by atoms with Gasteiger partial charge in [-0.25, -0.2) is 0 Å². The fourth-order valence-corrected chi connectivity index (χ4v) is 4.49. The molecule has 3 aromatic rings. The summed E-state index contributed by atoms with van der Waals surface area (Å²) in [7, 11) is 0. The molecule has 6 nitrogen and oxygen atoms in total. The van der Waals surface area contributed by atoms with Crippen LogP contribution in [0.25, 0.3) is 11.3 Å². The molecule has 0 N–H and O–H groups in total. The number of benzene rings is 2. The van der Waals surface area contributed by atoms with Gasteiger partial charge in [0.15, 0.2) is 0 Å². The number of halogens is 1. The summed E-state index contributed by atoms with van der Waals surface area (Å²) in [5.41, 5.74) is 2.97. The first-order chi connectivity index (χ1) is 14.1. The van der Waals surface area contributed by atoms with Crippen LogP contribution in [-0.2, 0) is 0 Å². The summed E-state index contributed by atoms with van der Waals surface area (Å²) in [6.45, 7) is 2.90. The monoisotopic (exact) mass is 407 g/mol. The van der Waals surface area contributed by atoms with E-state index in [1.54, 1.807) is 22.8 Å².